The van der Waals surface area contributed by atoms with E-state index in [-0.39, 0.29) is 11.7 Å². The van der Waals surface area contributed by atoms with Crippen molar-refractivity contribution in [2.45, 2.75) is 6.04 Å². The van der Waals surface area contributed by atoms with E-state index in [0.717, 1.165) is 27.2 Å². The fourth-order valence-electron chi connectivity index (χ4n) is 2.01. The van der Waals surface area contributed by atoms with Gasteiger partial charge in [0.1, 0.15) is 5.75 Å². The maximum absolute atomic E-state index is 11.2. The van der Waals surface area contributed by atoms with Crippen molar-refractivity contribution in [3.05, 3.63) is 50.6 Å². The number of fused-ring (bicyclic) bond motifs is 1. The van der Waals surface area contributed by atoms with Crippen LogP contribution in [-0.4, -0.2) is 17.1 Å². The van der Waals surface area contributed by atoms with E-state index in [9.17, 15) is 4.79 Å². The molecule has 1 aromatic carbocycles. The van der Waals surface area contributed by atoms with Crippen LogP contribution >= 0.6 is 11.3 Å². The van der Waals surface area contributed by atoms with Gasteiger partial charge in [-0.2, -0.15) is 0 Å². The number of thiophene rings is 1. The molecule has 3 rings (SSSR count). The maximum atomic E-state index is 11.2. The summed E-state index contributed by atoms with van der Waals surface area (Å²) in [5.41, 5.74) is 8.52. The summed E-state index contributed by atoms with van der Waals surface area (Å²) in [6, 6.07) is 7.37. The number of hydrogen-bond donors (Lipinski definition) is 3. The third kappa shape index (κ3) is 2.16. The highest BCUT2D eigenvalue weighted by molar-refractivity contribution is 7.10. The van der Waals surface area contributed by atoms with Crippen LogP contribution in [0.1, 0.15) is 16.5 Å². The van der Waals surface area contributed by atoms with Gasteiger partial charge < -0.3 is 20.4 Å². The van der Waals surface area contributed by atoms with Crippen molar-refractivity contribution in [1.82, 2.24) is 9.97 Å². The van der Waals surface area contributed by atoms with E-state index in [0.29, 0.717) is 0 Å². The fraction of sp³-hybridized carbons (Fsp3) is 0.154. The van der Waals surface area contributed by atoms with Gasteiger partial charge in [0.2, 0.25) is 0 Å². The number of nitrogens with one attached hydrogen (secondary N) is 2. The SMILES string of the molecule is COc1csc(C(N)c2ccc3[nH]c(=O)[nH]c3c2)c1. The maximum Gasteiger partial charge on any atom is 0.323 e. The van der Waals surface area contributed by atoms with Crippen molar-refractivity contribution in [2.24, 2.45) is 5.73 Å². The molecule has 0 amide bonds. The number of benzene rings is 1. The van der Waals surface area contributed by atoms with Crippen molar-refractivity contribution in [3.8, 4) is 5.75 Å². The number of aromatic amines is 2. The summed E-state index contributed by atoms with van der Waals surface area (Å²) >= 11 is 1.56. The lowest BCUT2D eigenvalue weighted by atomic mass is 10.1. The number of nitrogens with two attached hydrogens (primary N) is 1. The molecule has 19 heavy (non-hydrogen) atoms. The monoisotopic (exact) mass is 275 g/mol. The van der Waals surface area contributed by atoms with E-state index in [4.69, 9.17) is 10.5 Å². The first kappa shape index (κ1) is 12.0. The van der Waals surface area contributed by atoms with Crippen LogP contribution in [0.5, 0.6) is 5.75 Å². The van der Waals surface area contributed by atoms with Crippen LogP contribution in [0, 0.1) is 0 Å². The Labute approximate surface area is 113 Å². The third-order valence-electron chi connectivity index (χ3n) is 3.04. The minimum Gasteiger partial charge on any atom is -0.496 e. The van der Waals surface area contributed by atoms with Gasteiger partial charge in [-0.3, -0.25) is 0 Å². The lowest BCUT2D eigenvalue weighted by molar-refractivity contribution is 0.416. The number of aromatic nitrogens is 2. The highest BCUT2D eigenvalue weighted by atomic mass is 32.1. The molecule has 0 fully saturated rings. The number of H-pyrrole nitrogens is 2. The molecule has 98 valence electrons. The Hall–Kier alpha value is -2.05. The van der Waals surface area contributed by atoms with Crippen LogP contribution in [-0.2, 0) is 0 Å². The molecule has 2 heterocycles. The van der Waals surface area contributed by atoms with Crippen LogP contribution in [0.4, 0.5) is 0 Å². The molecule has 0 radical (unpaired) electrons. The van der Waals surface area contributed by atoms with Gasteiger partial charge >= 0.3 is 5.69 Å². The van der Waals surface area contributed by atoms with Crippen molar-refractivity contribution >= 4 is 22.4 Å². The zero-order valence-corrected chi connectivity index (χ0v) is 11.1. The zero-order chi connectivity index (χ0) is 13.4. The van der Waals surface area contributed by atoms with Crippen LogP contribution in [0.2, 0.25) is 0 Å². The topological polar surface area (TPSA) is 83.9 Å². The van der Waals surface area contributed by atoms with Gasteiger partial charge in [-0.25, -0.2) is 4.79 Å². The Kier molecular flexibility index (Phi) is 2.88. The first-order chi connectivity index (χ1) is 9.17. The van der Waals surface area contributed by atoms with Gasteiger partial charge in [0.15, 0.2) is 0 Å². The molecular formula is C13H13N3O2S. The van der Waals surface area contributed by atoms with Crippen LogP contribution in [0.25, 0.3) is 11.0 Å². The lowest BCUT2D eigenvalue weighted by Gasteiger charge is -2.09. The Morgan fingerprint density at radius 2 is 2.05 bits per heavy atom. The quantitative estimate of drug-likeness (QED) is 0.683. The van der Waals surface area contributed by atoms with Gasteiger partial charge in [0.05, 0.1) is 24.2 Å². The van der Waals surface area contributed by atoms with Gasteiger partial charge in [-0.15, -0.1) is 11.3 Å². The molecule has 0 saturated heterocycles. The Balaban J connectivity index is 2.00. The average molecular weight is 275 g/mol. The summed E-state index contributed by atoms with van der Waals surface area (Å²) in [5, 5.41) is 1.92. The highest BCUT2D eigenvalue weighted by Gasteiger charge is 2.13. The van der Waals surface area contributed by atoms with Crippen LogP contribution in [0.15, 0.2) is 34.4 Å². The van der Waals surface area contributed by atoms with Gasteiger partial charge in [-0.05, 0) is 23.8 Å². The molecule has 0 aliphatic heterocycles. The second-order valence-electron chi connectivity index (χ2n) is 4.25. The molecular weight excluding hydrogens is 262 g/mol. The largest absolute Gasteiger partial charge is 0.496 e. The number of methoxy groups -OCH3 is 1. The Morgan fingerprint density at radius 3 is 2.79 bits per heavy atom. The minimum absolute atomic E-state index is 0.210. The number of hydrogen-bond acceptors (Lipinski definition) is 4. The van der Waals surface area contributed by atoms with Crippen molar-refractivity contribution in [3.63, 3.8) is 0 Å². The molecule has 4 N–H and O–H groups in total. The number of rotatable bonds is 3. The van der Waals surface area contributed by atoms with E-state index in [1.54, 1.807) is 18.4 Å². The highest BCUT2D eigenvalue weighted by Crippen LogP contribution is 2.30. The van der Waals surface area contributed by atoms with Gasteiger partial charge in [0.25, 0.3) is 0 Å². The Morgan fingerprint density at radius 1 is 1.26 bits per heavy atom. The Bertz CT molecular complexity index is 771. The van der Waals surface area contributed by atoms with Crippen molar-refractivity contribution in [1.29, 1.82) is 0 Å². The van der Waals surface area contributed by atoms with Crippen LogP contribution in [0.3, 0.4) is 0 Å². The summed E-state index contributed by atoms with van der Waals surface area (Å²) in [4.78, 5) is 17.7. The number of imidazole rings is 1. The van der Waals surface area contributed by atoms with E-state index in [1.165, 1.54) is 0 Å². The van der Waals surface area contributed by atoms with Crippen molar-refractivity contribution in [2.75, 3.05) is 7.11 Å². The summed E-state index contributed by atoms with van der Waals surface area (Å²) < 4.78 is 5.16. The van der Waals surface area contributed by atoms with Crippen LogP contribution < -0.4 is 16.2 Å². The van der Waals surface area contributed by atoms with E-state index >= 15 is 0 Å². The summed E-state index contributed by atoms with van der Waals surface area (Å²) in [6.07, 6.45) is 0. The zero-order valence-electron chi connectivity index (χ0n) is 10.3. The van der Waals surface area contributed by atoms with Gasteiger partial charge in [0, 0.05) is 10.3 Å². The molecule has 0 aliphatic rings. The summed E-state index contributed by atoms with van der Waals surface area (Å²) in [5.74, 6) is 0.812. The molecule has 1 atom stereocenters. The molecule has 0 saturated carbocycles. The molecule has 2 aromatic heterocycles. The third-order valence-corrected chi connectivity index (χ3v) is 4.03. The molecule has 6 heteroatoms. The molecule has 1 unspecified atom stereocenters. The standard InChI is InChI=1S/C13H13N3O2S/c1-18-8-5-11(19-6-8)12(14)7-2-3-9-10(4-7)16-13(17)15-9/h2-6,12H,14H2,1H3,(H2,15,16,17). The second-order valence-corrected chi connectivity index (χ2v) is 5.19. The molecule has 0 aliphatic carbocycles. The smallest absolute Gasteiger partial charge is 0.323 e. The van der Waals surface area contributed by atoms with Gasteiger partial charge in [-0.1, -0.05) is 6.07 Å². The predicted molar refractivity (Wildman–Crippen MR) is 75.8 cm³/mol. The molecule has 3 aromatic rings. The molecule has 0 bridgehead atoms. The van der Waals surface area contributed by atoms with Crippen molar-refractivity contribution < 1.29 is 4.74 Å². The normalized spacial score (nSPS) is 12.7. The molecule has 5 nitrogen and oxygen atoms in total. The number of ether oxygens (including phenoxy) is 1. The minimum atomic E-state index is -0.225. The lowest BCUT2D eigenvalue weighted by Crippen LogP contribution is -2.09. The fourth-order valence-corrected chi connectivity index (χ4v) is 2.90. The average Bonchev–Trinajstić information content (AvgIpc) is 3.01. The summed E-state index contributed by atoms with van der Waals surface area (Å²) in [6.45, 7) is 0. The summed E-state index contributed by atoms with van der Waals surface area (Å²) in [7, 11) is 1.63. The molecule has 0 spiro atoms. The first-order valence-corrected chi connectivity index (χ1v) is 6.65. The van der Waals surface area contributed by atoms with E-state index < -0.39 is 0 Å². The van der Waals surface area contributed by atoms with E-state index in [2.05, 4.69) is 9.97 Å². The first-order valence-electron chi connectivity index (χ1n) is 5.77. The second kappa shape index (κ2) is 4.56. The predicted octanol–water partition coefficient (Wildman–Crippen LogP) is 1.97. The van der Waals surface area contributed by atoms with E-state index in [1.807, 2.05) is 29.6 Å².